The maximum Gasteiger partial charge on any atom is 0.279 e. The monoisotopic (exact) mass is 401 g/mol. The molecule has 1 atom stereocenters. The van der Waals surface area contributed by atoms with Gasteiger partial charge in [-0.1, -0.05) is 25.5 Å². The molecule has 0 unspecified atom stereocenters. The lowest BCUT2D eigenvalue weighted by Crippen LogP contribution is -2.43. The SMILES string of the molecule is CC[C@H]1CCc2sc(C(=O)NNC(=O)COc3ccccc3C(N)=O)cc2C1. The molecule has 4 N–H and O–H groups in total. The predicted octanol–water partition coefficient (Wildman–Crippen LogP) is 2.20. The van der Waals surface area contributed by atoms with E-state index in [1.165, 1.54) is 27.8 Å². The summed E-state index contributed by atoms with van der Waals surface area (Å²) >= 11 is 1.48. The lowest BCUT2D eigenvalue weighted by molar-refractivity contribution is -0.123. The highest BCUT2D eigenvalue weighted by Crippen LogP contribution is 2.33. The summed E-state index contributed by atoms with van der Waals surface area (Å²) in [7, 11) is 0. The lowest BCUT2D eigenvalue weighted by atomic mass is 9.87. The molecule has 0 fully saturated rings. The zero-order valence-electron chi connectivity index (χ0n) is 15.6. The van der Waals surface area contributed by atoms with Gasteiger partial charge in [-0.2, -0.15) is 0 Å². The number of carbonyl (C=O) groups excluding carboxylic acids is 3. The van der Waals surface area contributed by atoms with Crippen LogP contribution >= 0.6 is 11.3 Å². The fourth-order valence-electron chi connectivity index (χ4n) is 3.22. The van der Waals surface area contributed by atoms with Gasteiger partial charge in [0, 0.05) is 4.88 Å². The number of nitrogens with two attached hydrogens (primary N) is 1. The molecule has 148 valence electrons. The Morgan fingerprint density at radius 1 is 1.25 bits per heavy atom. The summed E-state index contributed by atoms with van der Waals surface area (Å²) in [5.74, 6) is -0.638. The number of amides is 3. The highest BCUT2D eigenvalue weighted by atomic mass is 32.1. The summed E-state index contributed by atoms with van der Waals surface area (Å²) in [4.78, 5) is 37.5. The van der Waals surface area contributed by atoms with Crippen molar-refractivity contribution in [3.63, 3.8) is 0 Å². The summed E-state index contributed by atoms with van der Waals surface area (Å²) in [5, 5.41) is 0. The van der Waals surface area contributed by atoms with Crippen molar-refractivity contribution in [3.05, 3.63) is 51.2 Å². The molecule has 1 aromatic heterocycles. The first-order chi connectivity index (χ1) is 13.5. The van der Waals surface area contributed by atoms with Crippen LogP contribution in [0.2, 0.25) is 0 Å². The summed E-state index contributed by atoms with van der Waals surface area (Å²) in [6.07, 6.45) is 4.32. The van der Waals surface area contributed by atoms with Gasteiger partial charge in [0.1, 0.15) is 5.75 Å². The van der Waals surface area contributed by atoms with Gasteiger partial charge in [-0.05, 0) is 48.9 Å². The van der Waals surface area contributed by atoms with Crippen LogP contribution in [0, 0.1) is 5.92 Å². The van der Waals surface area contributed by atoms with Gasteiger partial charge in [-0.25, -0.2) is 0 Å². The number of thiophene rings is 1. The van der Waals surface area contributed by atoms with Crippen LogP contribution in [-0.2, 0) is 17.6 Å². The van der Waals surface area contributed by atoms with Crippen molar-refractivity contribution in [1.29, 1.82) is 0 Å². The molecule has 0 saturated heterocycles. The second kappa shape index (κ2) is 8.88. The molecule has 7 nitrogen and oxygen atoms in total. The van der Waals surface area contributed by atoms with Crippen LogP contribution in [0.25, 0.3) is 0 Å². The highest BCUT2D eigenvalue weighted by molar-refractivity contribution is 7.14. The minimum Gasteiger partial charge on any atom is -0.483 e. The van der Waals surface area contributed by atoms with Gasteiger partial charge in [0.05, 0.1) is 10.4 Å². The number of aryl methyl sites for hydroxylation is 1. The molecule has 0 radical (unpaired) electrons. The van der Waals surface area contributed by atoms with Crippen LogP contribution in [0.4, 0.5) is 0 Å². The van der Waals surface area contributed by atoms with Crippen LogP contribution in [-0.4, -0.2) is 24.3 Å². The first-order valence-electron chi connectivity index (χ1n) is 9.20. The van der Waals surface area contributed by atoms with E-state index >= 15 is 0 Å². The summed E-state index contributed by atoms with van der Waals surface area (Å²) in [6, 6.07) is 8.30. The standard InChI is InChI=1S/C20H23N3O4S/c1-2-12-7-8-16-13(9-12)10-17(28-16)20(26)23-22-18(24)11-27-15-6-4-3-5-14(15)19(21)25/h3-6,10,12H,2,7-9,11H2,1H3,(H2,21,25)(H,22,24)(H,23,26)/t12-/m0/s1. The second-order valence-corrected chi connectivity index (χ2v) is 7.86. The number of benzene rings is 1. The number of para-hydroxylation sites is 1. The smallest absolute Gasteiger partial charge is 0.279 e. The summed E-state index contributed by atoms with van der Waals surface area (Å²) in [5.41, 5.74) is 11.4. The van der Waals surface area contributed by atoms with E-state index < -0.39 is 11.8 Å². The Labute approximate surface area is 167 Å². The number of hydrogen-bond donors (Lipinski definition) is 3. The average Bonchev–Trinajstić information content (AvgIpc) is 3.13. The largest absolute Gasteiger partial charge is 0.483 e. The lowest BCUT2D eigenvalue weighted by Gasteiger charge is -2.19. The molecular weight excluding hydrogens is 378 g/mol. The number of ether oxygens (including phenoxy) is 1. The number of hydrogen-bond acceptors (Lipinski definition) is 5. The van der Waals surface area contributed by atoms with Crippen molar-refractivity contribution >= 4 is 29.1 Å². The molecule has 3 rings (SSSR count). The Hall–Kier alpha value is -2.87. The molecular formula is C20H23N3O4S. The molecule has 0 bridgehead atoms. The number of carbonyl (C=O) groups is 3. The quantitative estimate of drug-likeness (QED) is 0.645. The third-order valence-corrected chi connectivity index (χ3v) is 6.05. The van der Waals surface area contributed by atoms with Gasteiger partial charge < -0.3 is 10.5 Å². The summed E-state index contributed by atoms with van der Waals surface area (Å²) in [6.45, 7) is 1.83. The number of primary amides is 1. The van der Waals surface area contributed by atoms with E-state index in [9.17, 15) is 14.4 Å². The highest BCUT2D eigenvalue weighted by Gasteiger charge is 2.22. The van der Waals surface area contributed by atoms with Gasteiger partial charge in [0.2, 0.25) is 0 Å². The Morgan fingerprint density at radius 2 is 2.04 bits per heavy atom. The van der Waals surface area contributed by atoms with E-state index in [1.807, 2.05) is 6.07 Å². The van der Waals surface area contributed by atoms with Crippen LogP contribution < -0.4 is 21.3 Å². The first kappa shape index (κ1) is 19.9. The van der Waals surface area contributed by atoms with E-state index in [4.69, 9.17) is 10.5 Å². The number of fused-ring (bicyclic) bond motifs is 1. The second-order valence-electron chi connectivity index (χ2n) is 6.73. The molecule has 2 aromatic rings. The van der Waals surface area contributed by atoms with Crippen molar-refractivity contribution < 1.29 is 19.1 Å². The maximum atomic E-state index is 12.3. The van der Waals surface area contributed by atoms with Crippen LogP contribution in [0.5, 0.6) is 5.75 Å². The van der Waals surface area contributed by atoms with Crippen molar-refractivity contribution in [2.45, 2.75) is 32.6 Å². The van der Waals surface area contributed by atoms with Gasteiger partial charge in [0.25, 0.3) is 17.7 Å². The minimum atomic E-state index is -0.642. The van der Waals surface area contributed by atoms with Gasteiger partial charge in [-0.3, -0.25) is 25.2 Å². The Bertz CT molecular complexity index is 893. The topological polar surface area (TPSA) is 111 Å². The third-order valence-electron chi connectivity index (χ3n) is 4.81. The average molecular weight is 401 g/mol. The van der Waals surface area contributed by atoms with Crippen LogP contribution in [0.1, 0.15) is 50.2 Å². The van der Waals surface area contributed by atoms with E-state index in [0.717, 1.165) is 25.7 Å². The van der Waals surface area contributed by atoms with Crippen LogP contribution in [0.3, 0.4) is 0 Å². The summed E-state index contributed by atoms with van der Waals surface area (Å²) < 4.78 is 5.33. The third kappa shape index (κ3) is 4.69. The Kier molecular flexibility index (Phi) is 6.30. The number of rotatable bonds is 6. The number of nitrogens with one attached hydrogen (secondary N) is 2. The molecule has 0 saturated carbocycles. The van der Waals surface area contributed by atoms with Crippen molar-refractivity contribution in [3.8, 4) is 5.75 Å². The molecule has 3 amide bonds. The predicted molar refractivity (Wildman–Crippen MR) is 106 cm³/mol. The minimum absolute atomic E-state index is 0.189. The zero-order valence-corrected chi connectivity index (χ0v) is 16.4. The molecule has 1 heterocycles. The van der Waals surface area contributed by atoms with E-state index in [1.54, 1.807) is 18.2 Å². The zero-order chi connectivity index (χ0) is 20.1. The fourth-order valence-corrected chi connectivity index (χ4v) is 4.33. The van der Waals surface area contributed by atoms with E-state index in [0.29, 0.717) is 10.8 Å². The van der Waals surface area contributed by atoms with E-state index in [-0.39, 0.29) is 23.8 Å². The molecule has 0 aliphatic heterocycles. The molecule has 1 aliphatic carbocycles. The van der Waals surface area contributed by atoms with Crippen LogP contribution in [0.15, 0.2) is 30.3 Å². The van der Waals surface area contributed by atoms with Gasteiger partial charge in [-0.15, -0.1) is 11.3 Å². The van der Waals surface area contributed by atoms with Gasteiger partial charge in [0.15, 0.2) is 6.61 Å². The first-order valence-corrected chi connectivity index (χ1v) is 10.0. The van der Waals surface area contributed by atoms with Crippen molar-refractivity contribution in [2.24, 2.45) is 11.7 Å². The van der Waals surface area contributed by atoms with Gasteiger partial charge >= 0.3 is 0 Å². The fraction of sp³-hybridized carbons (Fsp3) is 0.350. The normalized spacial score (nSPS) is 15.4. The Balaban J connectivity index is 1.51. The Morgan fingerprint density at radius 3 is 2.79 bits per heavy atom. The van der Waals surface area contributed by atoms with Crippen molar-refractivity contribution in [1.82, 2.24) is 10.9 Å². The van der Waals surface area contributed by atoms with E-state index in [2.05, 4.69) is 17.8 Å². The number of hydrazine groups is 1. The maximum absolute atomic E-state index is 12.3. The molecule has 0 spiro atoms. The molecule has 28 heavy (non-hydrogen) atoms. The molecule has 1 aromatic carbocycles. The molecule has 8 heteroatoms. The van der Waals surface area contributed by atoms with Crippen molar-refractivity contribution in [2.75, 3.05) is 6.61 Å². The molecule has 1 aliphatic rings.